The van der Waals surface area contributed by atoms with Crippen LogP contribution >= 0.6 is 11.3 Å². The summed E-state index contributed by atoms with van der Waals surface area (Å²) in [6, 6.07) is 6.11. The molecule has 1 amide bonds. The van der Waals surface area contributed by atoms with Gasteiger partial charge in [0.25, 0.3) is 0 Å². The summed E-state index contributed by atoms with van der Waals surface area (Å²) in [5.74, 6) is 0.0242. The van der Waals surface area contributed by atoms with Gasteiger partial charge in [-0.25, -0.2) is 4.98 Å². The lowest BCUT2D eigenvalue weighted by Crippen LogP contribution is -2.11. The number of hydrogen-bond donors (Lipinski definition) is 2. The maximum Gasteiger partial charge on any atom is 0.224 e. The first kappa shape index (κ1) is 15.5. The van der Waals surface area contributed by atoms with Crippen LogP contribution in [0.5, 0.6) is 0 Å². The monoisotopic (exact) mass is 303 g/mol. The molecule has 21 heavy (non-hydrogen) atoms. The highest BCUT2D eigenvalue weighted by molar-refractivity contribution is 7.09. The van der Waals surface area contributed by atoms with Crippen LogP contribution in [0, 0.1) is 13.8 Å². The topological polar surface area (TPSA) is 54.0 Å². The van der Waals surface area contributed by atoms with Crippen LogP contribution in [0.4, 0.5) is 11.4 Å². The first-order valence-electron chi connectivity index (χ1n) is 7.08. The van der Waals surface area contributed by atoms with E-state index in [0.717, 1.165) is 22.6 Å². The zero-order chi connectivity index (χ0) is 15.4. The fraction of sp³-hybridized carbons (Fsp3) is 0.375. The summed E-state index contributed by atoms with van der Waals surface area (Å²) >= 11 is 1.66. The van der Waals surface area contributed by atoms with Gasteiger partial charge in [0.2, 0.25) is 5.91 Å². The molecule has 0 fully saturated rings. The summed E-state index contributed by atoms with van der Waals surface area (Å²) in [5, 5.41) is 6.39. The molecule has 0 radical (unpaired) electrons. The summed E-state index contributed by atoms with van der Waals surface area (Å²) in [6.07, 6.45) is 0.479. The Balaban J connectivity index is 2.17. The van der Waals surface area contributed by atoms with E-state index in [0.29, 0.717) is 6.42 Å². The van der Waals surface area contributed by atoms with Crippen molar-refractivity contribution in [3.05, 3.63) is 39.8 Å². The van der Waals surface area contributed by atoms with Gasteiger partial charge in [0.15, 0.2) is 0 Å². The first-order valence-corrected chi connectivity index (χ1v) is 7.96. The van der Waals surface area contributed by atoms with Gasteiger partial charge in [0.05, 0.1) is 17.2 Å². The van der Waals surface area contributed by atoms with Crippen molar-refractivity contribution in [2.24, 2.45) is 0 Å². The molecule has 0 saturated carbocycles. The average Bonchev–Trinajstić information content (AvgIpc) is 2.88. The van der Waals surface area contributed by atoms with E-state index in [1.165, 1.54) is 4.88 Å². The van der Waals surface area contributed by atoms with E-state index in [1.807, 2.05) is 37.6 Å². The Morgan fingerprint density at radius 3 is 2.76 bits per heavy atom. The van der Waals surface area contributed by atoms with E-state index in [2.05, 4.69) is 29.5 Å². The molecule has 0 aliphatic rings. The SMILES string of the molecule is CCC(=O)Nc1ccc(C)c(NC(C)c2scnc2C)c1. The number of aryl methyl sites for hydroxylation is 2. The fourth-order valence-corrected chi connectivity index (χ4v) is 2.94. The average molecular weight is 303 g/mol. The predicted octanol–water partition coefficient (Wildman–Crippen LogP) is 4.28. The van der Waals surface area contributed by atoms with Crippen molar-refractivity contribution >= 4 is 28.6 Å². The Bertz CT molecular complexity index is 636. The van der Waals surface area contributed by atoms with Crippen LogP contribution in [-0.2, 0) is 4.79 Å². The smallest absolute Gasteiger partial charge is 0.224 e. The van der Waals surface area contributed by atoms with Crippen LogP contribution < -0.4 is 10.6 Å². The predicted molar refractivity (Wildman–Crippen MR) is 89.0 cm³/mol. The zero-order valence-corrected chi connectivity index (χ0v) is 13.7. The summed E-state index contributed by atoms with van der Waals surface area (Å²) in [5.41, 5.74) is 5.94. The molecular weight excluding hydrogens is 282 g/mol. The third-order valence-electron chi connectivity index (χ3n) is 3.39. The van der Waals surface area contributed by atoms with E-state index in [-0.39, 0.29) is 11.9 Å². The number of anilines is 2. The molecule has 5 heteroatoms. The van der Waals surface area contributed by atoms with Gasteiger partial charge in [0, 0.05) is 22.7 Å². The summed E-state index contributed by atoms with van der Waals surface area (Å²) in [7, 11) is 0. The number of nitrogens with zero attached hydrogens (tertiary/aromatic N) is 1. The zero-order valence-electron chi connectivity index (χ0n) is 12.9. The van der Waals surface area contributed by atoms with Crippen LogP contribution in [-0.4, -0.2) is 10.9 Å². The number of benzene rings is 1. The second-order valence-corrected chi connectivity index (χ2v) is 5.99. The lowest BCUT2D eigenvalue weighted by atomic mass is 10.1. The molecule has 2 rings (SSSR count). The summed E-state index contributed by atoms with van der Waals surface area (Å²) < 4.78 is 0. The van der Waals surface area contributed by atoms with Gasteiger partial charge < -0.3 is 10.6 Å². The van der Waals surface area contributed by atoms with Crippen molar-refractivity contribution < 1.29 is 4.79 Å². The molecule has 1 unspecified atom stereocenters. The number of carbonyl (C=O) groups excluding carboxylic acids is 1. The van der Waals surface area contributed by atoms with Gasteiger partial charge in [-0.1, -0.05) is 13.0 Å². The molecule has 2 aromatic rings. The summed E-state index contributed by atoms with van der Waals surface area (Å²) in [6.45, 7) is 8.04. The van der Waals surface area contributed by atoms with E-state index in [9.17, 15) is 4.79 Å². The molecule has 0 spiro atoms. The number of amides is 1. The molecule has 1 aromatic heterocycles. The number of thiazole rings is 1. The van der Waals surface area contributed by atoms with Crippen molar-refractivity contribution in [3.8, 4) is 0 Å². The van der Waals surface area contributed by atoms with E-state index < -0.39 is 0 Å². The highest BCUT2D eigenvalue weighted by atomic mass is 32.1. The van der Waals surface area contributed by atoms with E-state index >= 15 is 0 Å². The summed E-state index contributed by atoms with van der Waals surface area (Å²) in [4.78, 5) is 17.0. The van der Waals surface area contributed by atoms with Crippen LogP contribution in [0.15, 0.2) is 23.7 Å². The molecule has 1 atom stereocenters. The molecule has 4 nitrogen and oxygen atoms in total. The standard InChI is InChI=1S/C16H21N3OS/c1-5-15(20)19-13-7-6-10(2)14(8-13)18-12(4)16-11(3)17-9-21-16/h6-9,12,18H,5H2,1-4H3,(H,19,20). The van der Waals surface area contributed by atoms with Crippen LogP contribution in [0.1, 0.15) is 42.4 Å². The Morgan fingerprint density at radius 1 is 1.38 bits per heavy atom. The van der Waals surface area contributed by atoms with Crippen molar-refractivity contribution in [2.45, 2.75) is 40.2 Å². The quantitative estimate of drug-likeness (QED) is 0.866. The minimum absolute atomic E-state index is 0.0242. The molecule has 1 heterocycles. The minimum Gasteiger partial charge on any atom is -0.377 e. The largest absolute Gasteiger partial charge is 0.377 e. The second kappa shape index (κ2) is 6.72. The molecule has 1 aromatic carbocycles. The van der Waals surface area contributed by atoms with Crippen molar-refractivity contribution in [1.29, 1.82) is 0 Å². The van der Waals surface area contributed by atoms with Gasteiger partial charge >= 0.3 is 0 Å². The number of aromatic nitrogens is 1. The van der Waals surface area contributed by atoms with Crippen molar-refractivity contribution in [2.75, 3.05) is 10.6 Å². The highest BCUT2D eigenvalue weighted by Crippen LogP contribution is 2.28. The molecule has 0 aliphatic carbocycles. The Morgan fingerprint density at radius 2 is 2.14 bits per heavy atom. The van der Waals surface area contributed by atoms with Crippen LogP contribution in [0.25, 0.3) is 0 Å². The van der Waals surface area contributed by atoms with Crippen LogP contribution in [0.3, 0.4) is 0 Å². The van der Waals surface area contributed by atoms with Crippen molar-refractivity contribution in [3.63, 3.8) is 0 Å². The molecule has 2 N–H and O–H groups in total. The van der Waals surface area contributed by atoms with Gasteiger partial charge in [-0.2, -0.15) is 0 Å². The minimum atomic E-state index is 0.0242. The lowest BCUT2D eigenvalue weighted by Gasteiger charge is -2.17. The first-order chi connectivity index (χ1) is 10.0. The Kier molecular flexibility index (Phi) is 4.96. The normalized spacial score (nSPS) is 12.0. The molecular formula is C16H21N3OS. The number of hydrogen-bond acceptors (Lipinski definition) is 4. The Hall–Kier alpha value is -1.88. The van der Waals surface area contributed by atoms with Gasteiger partial charge in [-0.3, -0.25) is 4.79 Å². The van der Waals surface area contributed by atoms with Crippen molar-refractivity contribution in [1.82, 2.24) is 4.98 Å². The Labute approximate surface area is 129 Å². The molecule has 0 saturated heterocycles. The highest BCUT2D eigenvalue weighted by Gasteiger charge is 2.12. The number of rotatable bonds is 5. The van der Waals surface area contributed by atoms with Gasteiger partial charge in [-0.05, 0) is 38.5 Å². The maximum absolute atomic E-state index is 11.5. The maximum atomic E-state index is 11.5. The third-order valence-corrected chi connectivity index (χ3v) is 4.50. The molecule has 112 valence electrons. The van der Waals surface area contributed by atoms with Gasteiger partial charge in [0.1, 0.15) is 0 Å². The van der Waals surface area contributed by atoms with Gasteiger partial charge in [-0.15, -0.1) is 11.3 Å². The van der Waals surface area contributed by atoms with E-state index in [1.54, 1.807) is 11.3 Å². The van der Waals surface area contributed by atoms with E-state index in [4.69, 9.17) is 0 Å². The van der Waals surface area contributed by atoms with Crippen LogP contribution in [0.2, 0.25) is 0 Å². The molecule has 0 bridgehead atoms. The lowest BCUT2D eigenvalue weighted by molar-refractivity contribution is -0.115. The third kappa shape index (κ3) is 3.82. The number of nitrogens with one attached hydrogen (secondary N) is 2. The second-order valence-electron chi connectivity index (χ2n) is 5.10. The fourth-order valence-electron chi connectivity index (χ4n) is 2.13. The number of carbonyl (C=O) groups is 1. The molecule has 0 aliphatic heterocycles.